The fourth-order valence-electron chi connectivity index (χ4n) is 3.79. The quantitative estimate of drug-likeness (QED) is 0.850. The number of hydrogen-bond donors (Lipinski definition) is 1. The van der Waals surface area contributed by atoms with Crippen molar-refractivity contribution < 1.29 is 14.1 Å². The van der Waals surface area contributed by atoms with Crippen molar-refractivity contribution in [3.63, 3.8) is 0 Å². The molecule has 1 N–H and O–H groups in total. The monoisotopic (exact) mass is 348 g/mol. The van der Waals surface area contributed by atoms with E-state index in [1.165, 1.54) is 12.8 Å². The number of rotatable bonds is 6. The molecule has 2 fully saturated rings. The Labute approximate surface area is 148 Å². The van der Waals surface area contributed by atoms with Gasteiger partial charge in [-0.1, -0.05) is 24.9 Å². The zero-order valence-electron chi connectivity index (χ0n) is 15.0. The molecule has 2 heterocycles. The van der Waals surface area contributed by atoms with E-state index in [9.17, 15) is 9.59 Å². The van der Waals surface area contributed by atoms with Crippen LogP contribution >= 0.6 is 0 Å². The molecule has 2 aliphatic rings. The summed E-state index contributed by atoms with van der Waals surface area (Å²) in [5.74, 6) is 1.87. The standard InChI is InChI=1S/C18H28N4O3/c1-2-16(23)22-11-5-8-14(12-22)17(24)19-10-9-15-20-18(25-21-15)13-6-3-4-7-13/h13-14H,2-12H2,1H3,(H,19,24). The van der Waals surface area contributed by atoms with E-state index in [1.54, 1.807) is 4.90 Å². The van der Waals surface area contributed by atoms with Crippen LogP contribution < -0.4 is 5.32 Å². The number of piperidine rings is 1. The van der Waals surface area contributed by atoms with Gasteiger partial charge < -0.3 is 14.7 Å². The maximum Gasteiger partial charge on any atom is 0.229 e. The van der Waals surface area contributed by atoms with Crippen molar-refractivity contribution in [1.82, 2.24) is 20.4 Å². The molecule has 25 heavy (non-hydrogen) atoms. The maximum atomic E-state index is 12.3. The molecule has 1 saturated heterocycles. The van der Waals surface area contributed by atoms with Gasteiger partial charge in [0.25, 0.3) is 0 Å². The van der Waals surface area contributed by atoms with Gasteiger partial charge in [-0.15, -0.1) is 0 Å². The fraction of sp³-hybridized carbons (Fsp3) is 0.778. The van der Waals surface area contributed by atoms with Crippen molar-refractivity contribution in [2.45, 2.75) is 64.2 Å². The fourth-order valence-corrected chi connectivity index (χ4v) is 3.79. The smallest absolute Gasteiger partial charge is 0.229 e. The molecule has 1 aromatic heterocycles. The lowest BCUT2D eigenvalue weighted by Gasteiger charge is -2.31. The summed E-state index contributed by atoms with van der Waals surface area (Å²) in [7, 11) is 0. The number of carbonyl (C=O) groups is 2. The molecule has 3 rings (SSSR count). The molecule has 2 amide bonds. The number of hydrogen-bond acceptors (Lipinski definition) is 5. The Morgan fingerprint density at radius 1 is 1.24 bits per heavy atom. The Balaban J connectivity index is 1.42. The average molecular weight is 348 g/mol. The van der Waals surface area contributed by atoms with Crippen molar-refractivity contribution in [3.05, 3.63) is 11.7 Å². The van der Waals surface area contributed by atoms with E-state index in [4.69, 9.17) is 4.52 Å². The number of carbonyl (C=O) groups excluding carboxylic acids is 2. The first-order valence-corrected chi connectivity index (χ1v) is 9.55. The van der Waals surface area contributed by atoms with Crippen LogP contribution in [0.25, 0.3) is 0 Å². The van der Waals surface area contributed by atoms with Crippen LogP contribution in [0.3, 0.4) is 0 Å². The molecule has 1 unspecified atom stereocenters. The van der Waals surface area contributed by atoms with Gasteiger partial charge >= 0.3 is 0 Å². The van der Waals surface area contributed by atoms with Crippen molar-refractivity contribution in [1.29, 1.82) is 0 Å². The normalized spacial score (nSPS) is 21.5. The average Bonchev–Trinajstić information content (AvgIpc) is 3.32. The summed E-state index contributed by atoms with van der Waals surface area (Å²) in [6, 6.07) is 0. The summed E-state index contributed by atoms with van der Waals surface area (Å²) in [5, 5.41) is 6.98. The first kappa shape index (κ1) is 17.9. The van der Waals surface area contributed by atoms with Crippen LogP contribution in [0.1, 0.15) is 69.5 Å². The number of nitrogens with zero attached hydrogens (tertiary/aromatic N) is 3. The van der Waals surface area contributed by atoms with Crippen LogP contribution in [-0.4, -0.2) is 46.5 Å². The lowest BCUT2D eigenvalue weighted by molar-refractivity contribution is -0.135. The molecule has 0 bridgehead atoms. The van der Waals surface area contributed by atoms with Crippen molar-refractivity contribution >= 4 is 11.8 Å². The van der Waals surface area contributed by atoms with Gasteiger partial charge in [0, 0.05) is 38.4 Å². The summed E-state index contributed by atoms with van der Waals surface area (Å²) >= 11 is 0. The highest BCUT2D eigenvalue weighted by atomic mass is 16.5. The highest BCUT2D eigenvalue weighted by molar-refractivity contribution is 5.81. The molecule has 1 aromatic rings. The number of likely N-dealkylation sites (tertiary alicyclic amines) is 1. The molecule has 0 spiro atoms. The summed E-state index contributed by atoms with van der Waals surface area (Å²) in [6.45, 7) is 3.66. The lowest BCUT2D eigenvalue weighted by atomic mass is 9.97. The molecule has 1 aliphatic heterocycles. The van der Waals surface area contributed by atoms with E-state index in [1.807, 2.05) is 6.92 Å². The van der Waals surface area contributed by atoms with Crippen molar-refractivity contribution in [3.8, 4) is 0 Å². The minimum Gasteiger partial charge on any atom is -0.355 e. The second kappa shape index (κ2) is 8.45. The van der Waals surface area contributed by atoms with Crippen molar-refractivity contribution in [2.75, 3.05) is 19.6 Å². The molecule has 0 aromatic carbocycles. The maximum absolute atomic E-state index is 12.3. The van der Waals surface area contributed by atoms with Crippen LogP contribution in [0.4, 0.5) is 0 Å². The second-order valence-corrected chi connectivity index (χ2v) is 7.10. The summed E-state index contributed by atoms with van der Waals surface area (Å²) in [5.41, 5.74) is 0. The van der Waals surface area contributed by atoms with Gasteiger partial charge in [0.15, 0.2) is 5.82 Å². The molecule has 1 atom stereocenters. The SMILES string of the molecule is CCC(=O)N1CCCC(C(=O)NCCc2noc(C3CCCC3)n2)C1. The zero-order valence-corrected chi connectivity index (χ0v) is 15.0. The van der Waals surface area contributed by atoms with Crippen LogP contribution in [0, 0.1) is 5.92 Å². The van der Waals surface area contributed by atoms with Crippen LogP contribution in [0.5, 0.6) is 0 Å². The van der Waals surface area contributed by atoms with Crippen LogP contribution in [-0.2, 0) is 16.0 Å². The Bertz CT molecular complexity index is 595. The first-order chi connectivity index (χ1) is 12.2. The lowest BCUT2D eigenvalue weighted by Crippen LogP contribution is -2.45. The Morgan fingerprint density at radius 3 is 2.80 bits per heavy atom. The van der Waals surface area contributed by atoms with E-state index in [0.717, 1.165) is 38.1 Å². The minimum atomic E-state index is -0.108. The molecular weight excluding hydrogens is 320 g/mol. The third-order valence-electron chi connectivity index (χ3n) is 5.28. The molecule has 1 saturated carbocycles. The Morgan fingerprint density at radius 2 is 2.04 bits per heavy atom. The van der Waals surface area contributed by atoms with Gasteiger partial charge in [0.2, 0.25) is 17.7 Å². The van der Waals surface area contributed by atoms with Gasteiger partial charge in [-0.3, -0.25) is 9.59 Å². The van der Waals surface area contributed by atoms with Gasteiger partial charge in [-0.25, -0.2) is 0 Å². The van der Waals surface area contributed by atoms with Gasteiger partial charge in [-0.05, 0) is 25.7 Å². The van der Waals surface area contributed by atoms with E-state index < -0.39 is 0 Å². The third kappa shape index (κ3) is 4.58. The molecule has 1 aliphatic carbocycles. The molecule has 7 heteroatoms. The van der Waals surface area contributed by atoms with Gasteiger partial charge in [0.05, 0.1) is 5.92 Å². The second-order valence-electron chi connectivity index (χ2n) is 7.10. The Kier molecular flexibility index (Phi) is 6.04. The molecule has 138 valence electrons. The highest BCUT2D eigenvalue weighted by Gasteiger charge is 2.27. The zero-order chi connectivity index (χ0) is 17.6. The number of nitrogens with one attached hydrogen (secondary N) is 1. The molecule has 7 nitrogen and oxygen atoms in total. The van der Waals surface area contributed by atoms with E-state index >= 15 is 0 Å². The summed E-state index contributed by atoms with van der Waals surface area (Å²) in [6.07, 6.45) is 7.53. The first-order valence-electron chi connectivity index (χ1n) is 9.55. The molecule has 0 radical (unpaired) electrons. The van der Waals surface area contributed by atoms with Crippen LogP contribution in [0.2, 0.25) is 0 Å². The van der Waals surface area contributed by atoms with Gasteiger partial charge in [0.1, 0.15) is 0 Å². The summed E-state index contributed by atoms with van der Waals surface area (Å²) < 4.78 is 5.36. The highest BCUT2D eigenvalue weighted by Crippen LogP contribution is 2.32. The number of aromatic nitrogens is 2. The van der Waals surface area contributed by atoms with Gasteiger partial charge in [-0.2, -0.15) is 4.98 Å². The third-order valence-corrected chi connectivity index (χ3v) is 5.28. The number of amides is 2. The summed E-state index contributed by atoms with van der Waals surface area (Å²) in [4.78, 5) is 30.4. The van der Waals surface area contributed by atoms with Crippen molar-refractivity contribution in [2.24, 2.45) is 5.92 Å². The Hall–Kier alpha value is -1.92. The molecular formula is C18H28N4O3. The van der Waals surface area contributed by atoms with Crippen LogP contribution in [0.15, 0.2) is 4.52 Å². The predicted octanol–water partition coefficient (Wildman–Crippen LogP) is 2.03. The minimum absolute atomic E-state index is 0.0214. The van der Waals surface area contributed by atoms with E-state index in [0.29, 0.717) is 37.7 Å². The van der Waals surface area contributed by atoms with E-state index in [2.05, 4.69) is 15.5 Å². The predicted molar refractivity (Wildman–Crippen MR) is 91.8 cm³/mol. The topological polar surface area (TPSA) is 88.3 Å². The van der Waals surface area contributed by atoms with E-state index in [-0.39, 0.29) is 17.7 Å². The largest absolute Gasteiger partial charge is 0.355 e.